The first-order valence-corrected chi connectivity index (χ1v) is 4.22. The molecule has 1 aliphatic rings. The van der Waals surface area contributed by atoms with Crippen molar-refractivity contribution in [3.8, 4) is 0 Å². The lowest BCUT2D eigenvalue weighted by Crippen LogP contribution is -2.38. The first-order valence-electron chi connectivity index (χ1n) is 4.22. The van der Waals surface area contributed by atoms with Crippen LogP contribution in [0.1, 0.15) is 10.5 Å². The molecule has 1 aromatic heterocycles. The molecule has 0 aliphatic carbocycles. The molecular formula is C8H10N4O2. The first kappa shape index (κ1) is 8.74. The van der Waals surface area contributed by atoms with E-state index in [0.29, 0.717) is 18.2 Å². The molecule has 6 heteroatoms. The molecule has 14 heavy (non-hydrogen) atoms. The van der Waals surface area contributed by atoms with Crippen molar-refractivity contribution in [3.05, 3.63) is 12.0 Å². The van der Waals surface area contributed by atoms with E-state index in [0.717, 1.165) is 6.29 Å². The highest BCUT2D eigenvalue weighted by Crippen LogP contribution is 2.18. The largest absolute Gasteiger partial charge is 0.351 e. The van der Waals surface area contributed by atoms with Crippen LogP contribution in [0.5, 0.6) is 0 Å². The van der Waals surface area contributed by atoms with Crippen molar-refractivity contribution in [1.29, 1.82) is 0 Å². The number of nitrogens with zero attached hydrogens (tertiary/aromatic N) is 3. The molecule has 2 rings (SSSR count). The second-order valence-electron chi connectivity index (χ2n) is 3.10. The molecule has 0 spiro atoms. The average Bonchev–Trinajstić information content (AvgIpc) is 2.57. The van der Waals surface area contributed by atoms with E-state index in [4.69, 9.17) is 0 Å². The summed E-state index contributed by atoms with van der Waals surface area (Å²) < 4.78 is 1.54. The quantitative estimate of drug-likeness (QED) is 0.647. The normalized spacial score (nSPS) is 14.9. The van der Waals surface area contributed by atoms with Crippen molar-refractivity contribution >= 4 is 18.0 Å². The van der Waals surface area contributed by atoms with Crippen LogP contribution in [0.4, 0.5) is 5.82 Å². The van der Waals surface area contributed by atoms with Gasteiger partial charge in [0.15, 0.2) is 11.5 Å². The maximum atomic E-state index is 11.7. The highest BCUT2D eigenvalue weighted by Gasteiger charge is 2.25. The Balaban J connectivity index is 2.44. The van der Waals surface area contributed by atoms with E-state index < -0.39 is 0 Å². The fourth-order valence-electron chi connectivity index (χ4n) is 1.40. The second kappa shape index (κ2) is 3.13. The molecule has 2 heterocycles. The Kier molecular flexibility index (Phi) is 1.95. The van der Waals surface area contributed by atoms with Gasteiger partial charge in [-0.15, -0.1) is 0 Å². The molecule has 0 unspecified atom stereocenters. The molecule has 0 aromatic carbocycles. The van der Waals surface area contributed by atoms with E-state index in [9.17, 15) is 9.59 Å². The summed E-state index contributed by atoms with van der Waals surface area (Å²) in [5, 5.41) is 2.98. The zero-order valence-electron chi connectivity index (χ0n) is 7.73. The smallest absolute Gasteiger partial charge is 0.275 e. The number of hydrogen-bond acceptors (Lipinski definition) is 4. The maximum absolute atomic E-state index is 11.7. The Morgan fingerprint density at radius 3 is 3.21 bits per heavy atom. The Morgan fingerprint density at radius 2 is 2.50 bits per heavy atom. The van der Waals surface area contributed by atoms with Crippen LogP contribution in [0.25, 0.3) is 0 Å². The molecule has 0 bridgehead atoms. The van der Waals surface area contributed by atoms with Crippen molar-refractivity contribution in [2.45, 2.75) is 6.54 Å². The van der Waals surface area contributed by atoms with Crippen molar-refractivity contribution in [1.82, 2.24) is 14.5 Å². The standard InChI is InChI=1S/C8H10N4O2/c1-11-4-9-7-6(8(11)14)12(2-3-13)5-10-7/h3,5,9H,2,4H2,1H3. The van der Waals surface area contributed by atoms with Gasteiger partial charge >= 0.3 is 0 Å². The van der Waals surface area contributed by atoms with Gasteiger partial charge < -0.3 is 19.6 Å². The van der Waals surface area contributed by atoms with Gasteiger partial charge in [0, 0.05) is 7.05 Å². The van der Waals surface area contributed by atoms with Crippen LogP contribution in [0, 0.1) is 0 Å². The van der Waals surface area contributed by atoms with Crippen LogP contribution in [0.3, 0.4) is 0 Å². The van der Waals surface area contributed by atoms with Gasteiger partial charge in [0.1, 0.15) is 6.29 Å². The van der Waals surface area contributed by atoms with E-state index in [1.807, 2.05) is 0 Å². The Labute approximate surface area is 80.5 Å². The van der Waals surface area contributed by atoms with Gasteiger partial charge in [-0.05, 0) is 0 Å². The molecule has 0 atom stereocenters. The van der Waals surface area contributed by atoms with Crippen LogP contribution < -0.4 is 5.32 Å². The van der Waals surface area contributed by atoms with E-state index >= 15 is 0 Å². The summed E-state index contributed by atoms with van der Waals surface area (Å²) in [5.74, 6) is 0.438. The number of imidazole rings is 1. The molecule has 1 amide bonds. The Morgan fingerprint density at radius 1 is 1.71 bits per heavy atom. The maximum Gasteiger partial charge on any atom is 0.275 e. The fourth-order valence-corrected chi connectivity index (χ4v) is 1.40. The lowest BCUT2D eigenvalue weighted by molar-refractivity contribution is -0.108. The molecule has 1 aliphatic heterocycles. The molecule has 74 valence electrons. The van der Waals surface area contributed by atoms with Gasteiger partial charge in [0.05, 0.1) is 19.5 Å². The third-order valence-corrected chi connectivity index (χ3v) is 2.14. The summed E-state index contributed by atoms with van der Waals surface area (Å²) in [7, 11) is 1.69. The minimum Gasteiger partial charge on any atom is -0.351 e. The highest BCUT2D eigenvalue weighted by molar-refractivity contribution is 5.98. The van der Waals surface area contributed by atoms with Gasteiger partial charge in [-0.3, -0.25) is 4.79 Å². The van der Waals surface area contributed by atoms with Gasteiger partial charge in [0.25, 0.3) is 5.91 Å². The number of carbonyl (C=O) groups excluding carboxylic acids is 2. The zero-order valence-corrected chi connectivity index (χ0v) is 7.73. The number of nitrogens with one attached hydrogen (secondary N) is 1. The van der Waals surface area contributed by atoms with Crippen molar-refractivity contribution in [2.75, 3.05) is 19.0 Å². The summed E-state index contributed by atoms with van der Waals surface area (Å²) in [6.07, 6.45) is 2.23. The molecule has 1 N–H and O–H groups in total. The molecular weight excluding hydrogens is 184 g/mol. The van der Waals surface area contributed by atoms with Crippen LogP contribution in [0.2, 0.25) is 0 Å². The predicted octanol–water partition coefficient (Wildman–Crippen LogP) is -0.463. The van der Waals surface area contributed by atoms with E-state index in [1.54, 1.807) is 7.05 Å². The average molecular weight is 194 g/mol. The minimum absolute atomic E-state index is 0.113. The first-order chi connectivity index (χ1) is 6.74. The minimum atomic E-state index is -0.113. The van der Waals surface area contributed by atoms with Gasteiger partial charge in [-0.1, -0.05) is 0 Å². The van der Waals surface area contributed by atoms with Crippen molar-refractivity contribution in [2.24, 2.45) is 0 Å². The van der Waals surface area contributed by atoms with E-state index in [2.05, 4.69) is 10.3 Å². The number of aromatic nitrogens is 2. The summed E-state index contributed by atoms with van der Waals surface area (Å²) in [5.41, 5.74) is 0.450. The zero-order chi connectivity index (χ0) is 10.1. The molecule has 0 radical (unpaired) electrons. The number of carbonyl (C=O) groups is 2. The molecule has 0 saturated carbocycles. The Hall–Kier alpha value is -1.85. The lowest BCUT2D eigenvalue weighted by atomic mass is 10.3. The topological polar surface area (TPSA) is 67.2 Å². The fraction of sp³-hybridized carbons (Fsp3) is 0.375. The number of rotatable bonds is 2. The number of hydrogen-bond donors (Lipinski definition) is 1. The van der Waals surface area contributed by atoms with E-state index in [1.165, 1.54) is 15.8 Å². The molecule has 1 aromatic rings. The second-order valence-corrected chi connectivity index (χ2v) is 3.10. The summed E-state index contributed by atoms with van der Waals surface area (Å²) >= 11 is 0. The van der Waals surface area contributed by atoms with Gasteiger partial charge in [-0.25, -0.2) is 4.98 Å². The van der Waals surface area contributed by atoms with Crippen molar-refractivity contribution < 1.29 is 9.59 Å². The third kappa shape index (κ3) is 1.15. The highest BCUT2D eigenvalue weighted by atomic mass is 16.2. The number of amides is 1. The van der Waals surface area contributed by atoms with Crippen LogP contribution >= 0.6 is 0 Å². The van der Waals surface area contributed by atoms with Crippen LogP contribution in [0.15, 0.2) is 6.33 Å². The van der Waals surface area contributed by atoms with E-state index in [-0.39, 0.29) is 12.5 Å². The summed E-state index contributed by atoms with van der Waals surface area (Å²) in [4.78, 5) is 27.6. The number of aldehydes is 1. The molecule has 0 saturated heterocycles. The van der Waals surface area contributed by atoms with Gasteiger partial charge in [-0.2, -0.15) is 0 Å². The summed E-state index contributed by atoms with van der Waals surface area (Å²) in [6.45, 7) is 0.605. The number of fused-ring (bicyclic) bond motifs is 1. The van der Waals surface area contributed by atoms with Gasteiger partial charge in [0.2, 0.25) is 0 Å². The lowest BCUT2D eigenvalue weighted by Gasteiger charge is -2.23. The third-order valence-electron chi connectivity index (χ3n) is 2.14. The van der Waals surface area contributed by atoms with Crippen LogP contribution in [-0.2, 0) is 11.3 Å². The molecule has 6 nitrogen and oxygen atoms in total. The monoisotopic (exact) mass is 194 g/mol. The van der Waals surface area contributed by atoms with Crippen LogP contribution in [-0.4, -0.2) is 40.4 Å². The number of anilines is 1. The summed E-state index contributed by atoms with van der Waals surface area (Å²) in [6, 6.07) is 0. The van der Waals surface area contributed by atoms with Crippen molar-refractivity contribution in [3.63, 3.8) is 0 Å². The Bertz CT molecular complexity index is 385. The predicted molar refractivity (Wildman–Crippen MR) is 48.9 cm³/mol. The SMILES string of the molecule is CN1CNc2ncn(CC=O)c2C1=O. The molecule has 0 fully saturated rings.